The third kappa shape index (κ3) is 6.25. The highest BCUT2D eigenvalue weighted by molar-refractivity contribution is 5.83. The molecule has 0 saturated heterocycles. The molecule has 0 aromatic heterocycles. The van der Waals surface area contributed by atoms with Gasteiger partial charge in [0.2, 0.25) is 6.61 Å². The van der Waals surface area contributed by atoms with E-state index in [4.69, 9.17) is 14.3 Å². The van der Waals surface area contributed by atoms with Crippen LogP contribution in [0.5, 0.6) is 5.75 Å². The van der Waals surface area contributed by atoms with Crippen molar-refractivity contribution in [1.82, 2.24) is 5.32 Å². The van der Waals surface area contributed by atoms with E-state index >= 15 is 0 Å². The van der Waals surface area contributed by atoms with Crippen molar-refractivity contribution in [1.29, 1.82) is 0 Å². The molecule has 0 fully saturated rings. The predicted octanol–water partition coefficient (Wildman–Crippen LogP) is 1.11. The van der Waals surface area contributed by atoms with E-state index in [1.165, 1.54) is 13.1 Å². The van der Waals surface area contributed by atoms with Crippen LogP contribution in [0.2, 0.25) is 0 Å². The number of hydrogen-bond donors (Lipinski definition) is 1. The van der Waals surface area contributed by atoms with E-state index in [0.717, 1.165) is 11.3 Å². The van der Waals surface area contributed by atoms with Crippen LogP contribution in [0, 0.1) is 0 Å². The average Bonchev–Trinajstić information content (AvgIpc) is 2.52. The average molecular weight is 308 g/mol. The van der Waals surface area contributed by atoms with Crippen molar-refractivity contribution in [2.24, 2.45) is 5.16 Å². The minimum absolute atomic E-state index is 0.349. The highest BCUT2D eigenvalue weighted by Crippen LogP contribution is 2.09. The molecule has 0 unspecified atom stereocenters. The number of amides is 1. The van der Waals surface area contributed by atoms with Gasteiger partial charge < -0.3 is 19.6 Å². The molecule has 0 radical (unpaired) electrons. The second kappa shape index (κ2) is 9.38. The van der Waals surface area contributed by atoms with Gasteiger partial charge in [0.1, 0.15) is 5.75 Å². The smallest absolute Gasteiger partial charge is 0.347 e. The van der Waals surface area contributed by atoms with Gasteiger partial charge in [-0.05, 0) is 43.7 Å². The molecule has 0 aliphatic rings. The number of esters is 1. The lowest BCUT2D eigenvalue weighted by molar-refractivity contribution is -0.158. The van der Waals surface area contributed by atoms with Crippen LogP contribution in [0.25, 0.3) is 0 Å². The van der Waals surface area contributed by atoms with Gasteiger partial charge in [-0.2, -0.15) is 0 Å². The molecule has 120 valence electrons. The molecule has 0 saturated carbocycles. The quantitative estimate of drug-likeness (QED) is 0.442. The number of hydrogen-bond acceptors (Lipinski definition) is 6. The Morgan fingerprint density at radius 2 is 2.00 bits per heavy atom. The zero-order valence-electron chi connectivity index (χ0n) is 12.9. The molecule has 1 rings (SSSR count). The summed E-state index contributed by atoms with van der Waals surface area (Å²) < 4.78 is 9.91. The fourth-order valence-corrected chi connectivity index (χ4v) is 1.48. The van der Waals surface area contributed by atoms with Crippen LogP contribution < -0.4 is 10.1 Å². The zero-order chi connectivity index (χ0) is 16.4. The Bertz CT molecular complexity index is 513. The second-order valence-corrected chi connectivity index (χ2v) is 4.31. The minimum Gasteiger partial charge on any atom is -0.497 e. The third-order valence-electron chi connectivity index (χ3n) is 2.60. The summed E-state index contributed by atoms with van der Waals surface area (Å²) in [5.74, 6) is -0.274. The molecule has 1 amide bonds. The number of nitrogens with one attached hydrogen (secondary N) is 1. The Kier molecular flexibility index (Phi) is 7.45. The van der Waals surface area contributed by atoms with E-state index in [2.05, 4.69) is 10.5 Å². The molecule has 22 heavy (non-hydrogen) atoms. The molecular formula is C15H20N2O5. The monoisotopic (exact) mass is 308 g/mol. The van der Waals surface area contributed by atoms with E-state index in [0.29, 0.717) is 6.54 Å². The lowest BCUT2D eigenvalue weighted by atomic mass is 10.2. The van der Waals surface area contributed by atoms with Crippen LogP contribution >= 0.6 is 0 Å². The van der Waals surface area contributed by atoms with Gasteiger partial charge in [0.15, 0.2) is 6.10 Å². The Labute approximate surface area is 129 Å². The van der Waals surface area contributed by atoms with Gasteiger partial charge in [-0.3, -0.25) is 4.79 Å². The summed E-state index contributed by atoms with van der Waals surface area (Å²) in [5.41, 5.74) is 0.796. The molecule has 7 heteroatoms. The largest absolute Gasteiger partial charge is 0.497 e. The molecule has 7 nitrogen and oxygen atoms in total. The first-order valence-corrected chi connectivity index (χ1v) is 6.83. The summed E-state index contributed by atoms with van der Waals surface area (Å²) in [5, 5.41) is 6.21. The van der Waals surface area contributed by atoms with Gasteiger partial charge in [0.25, 0.3) is 5.91 Å². The van der Waals surface area contributed by atoms with E-state index in [9.17, 15) is 9.59 Å². The third-order valence-corrected chi connectivity index (χ3v) is 2.60. The van der Waals surface area contributed by atoms with Crippen LogP contribution in [-0.4, -0.2) is 44.5 Å². The molecule has 1 aromatic rings. The van der Waals surface area contributed by atoms with Gasteiger partial charge in [-0.1, -0.05) is 5.16 Å². The topological polar surface area (TPSA) is 86.2 Å². The molecule has 0 heterocycles. The molecule has 0 aliphatic carbocycles. The maximum absolute atomic E-state index is 11.4. The summed E-state index contributed by atoms with van der Waals surface area (Å²) in [6.45, 7) is 3.38. The molecule has 0 bridgehead atoms. The van der Waals surface area contributed by atoms with E-state index < -0.39 is 12.1 Å². The number of benzene rings is 1. The van der Waals surface area contributed by atoms with Gasteiger partial charge in [-0.15, -0.1) is 0 Å². The number of carbonyl (C=O) groups excluding carboxylic acids is 2. The highest BCUT2D eigenvalue weighted by Gasteiger charge is 2.16. The Hall–Kier alpha value is -2.57. The summed E-state index contributed by atoms with van der Waals surface area (Å²) in [6, 6.07) is 7.15. The normalized spacial score (nSPS) is 11.8. The standard InChI is InChI=1S/C15H20N2O5/c1-4-16-15(19)11(2)22-14(18)10-21-17-9-12-5-7-13(20-3)8-6-12/h5-9,11H,4,10H2,1-3H3,(H,16,19)/b17-9-/t11-/m1/s1. The van der Waals surface area contributed by atoms with Crippen LogP contribution in [0.15, 0.2) is 29.4 Å². The zero-order valence-corrected chi connectivity index (χ0v) is 12.9. The van der Waals surface area contributed by atoms with Crippen molar-refractivity contribution < 1.29 is 23.9 Å². The maximum atomic E-state index is 11.4. The van der Waals surface area contributed by atoms with Gasteiger partial charge in [-0.25, -0.2) is 4.79 Å². The Balaban J connectivity index is 2.31. The molecule has 1 N–H and O–H groups in total. The number of carbonyl (C=O) groups is 2. The second-order valence-electron chi connectivity index (χ2n) is 4.31. The van der Waals surface area contributed by atoms with Crippen LogP contribution in [0.1, 0.15) is 19.4 Å². The van der Waals surface area contributed by atoms with E-state index in [1.54, 1.807) is 38.3 Å². The first kappa shape index (κ1) is 17.5. The van der Waals surface area contributed by atoms with E-state index in [-0.39, 0.29) is 12.5 Å². The van der Waals surface area contributed by atoms with Crippen molar-refractivity contribution >= 4 is 18.1 Å². The summed E-state index contributed by atoms with van der Waals surface area (Å²) in [4.78, 5) is 27.6. The molecular weight excluding hydrogens is 288 g/mol. The van der Waals surface area contributed by atoms with Gasteiger partial charge in [0, 0.05) is 6.54 Å². The number of likely N-dealkylation sites (N-methyl/N-ethyl adjacent to an activating group) is 1. The fraction of sp³-hybridized carbons (Fsp3) is 0.400. The number of rotatable bonds is 8. The first-order chi connectivity index (χ1) is 10.6. The van der Waals surface area contributed by atoms with Crippen LogP contribution in [-0.2, 0) is 19.2 Å². The fourth-order valence-electron chi connectivity index (χ4n) is 1.48. The molecule has 1 atom stereocenters. The minimum atomic E-state index is -0.860. The molecule has 1 aromatic carbocycles. The predicted molar refractivity (Wildman–Crippen MR) is 80.8 cm³/mol. The summed E-state index contributed by atoms with van der Waals surface area (Å²) >= 11 is 0. The summed E-state index contributed by atoms with van der Waals surface area (Å²) in [7, 11) is 1.58. The lowest BCUT2D eigenvalue weighted by Gasteiger charge is -2.11. The van der Waals surface area contributed by atoms with Gasteiger partial charge in [0.05, 0.1) is 13.3 Å². The number of ether oxygens (including phenoxy) is 2. The summed E-state index contributed by atoms with van der Waals surface area (Å²) in [6.07, 6.45) is 0.599. The Morgan fingerprint density at radius 1 is 1.32 bits per heavy atom. The highest BCUT2D eigenvalue weighted by atomic mass is 16.7. The van der Waals surface area contributed by atoms with Crippen molar-refractivity contribution in [3.05, 3.63) is 29.8 Å². The van der Waals surface area contributed by atoms with Crippen molar-refractivity contribution in [2.75, 3.05) is 20.3 Å². The number of nitrogens with zero attached hydrogens (tertiary/aromatic N) is 1. The number of methoxy groups -OCH3 is 1. The van der Waals surface area contributed by atoms with Crippen molar-refractivity contribution in [3.63, 3.8) is 0 Å². The lowest BCUT2D eigenvalue weighted by Crippen LogP contribution is -2.36. The number of oxime groups is 1. The van der Waals surface area contributed by atoms with Crippen molar-refractivity contribution in [3.8, 4) is 5.75 Å². The van der Waals surface area contributed by atoms with Crippen LogP contribution in [0.4, 0.5) is 0 Å². The van der Waals surface area contributed by atoms with E-state index in [1.807, 2.05) is 0 Å². The van der Waals surface area contributed by atoms with Crippen molar-refractivity contribution in [2.45, 2.75) is 20.0 Å². The molecule has 0 aliphatic heterocycles. The SMILES string of the molecule is CCNC(=O)[C@@H](C)OC(=O)CO/N=C\c1ccc(OC)cc1. The van der Waals surface area contributed by atoms with Gasteiger partial charge >= 0.3 is 5.97 Å². The van der Waals surface area contributed by atoms with Crippen LogP contribution in [0.3, 0.4) is 0 Å². The molecule has 0 spiro atoms. The Morgan fingerprint density at radius 3 is 2.59 bits per heavy atom. The maximum Gasteiger partial charge on any atom is 0.347 e. The first-order valence-electron chi connectivity index (χ1n) is 6.83.